The lowest BCUT2D eigenvalue weighted by Crippen LogP contribution is -2.39. The van der Waals surface area contributed by atoms with Crippen LogP contribution in [-0.4, -0.2) is 35.6 Å². The van der Waals surface area contributed by atoms with E-state index in [4.69, 9.17) is 0 Å². The van der Waals surface area contributed by atoms with Crippen LogP contribution < -0.4 is 5.32 Å². The van der Waals surface area contributed by atoms with Crippen LogP contribution in [0, 0.1) is 0 Å². The van der Waals surface area contributed by atoms with E-state index in [1.807, 2.05) is 0 Å². The molecule has 1 aromatic heterocycles. The summed E-state index contributed by atoms with van der Waals surface area (Å²) in [6, 6.07) is 6.87. The number of likely N-dealkylation sites (tertiary alicyclic amines) is 1. The van der Waals surface area contributed by atoms with Gasteiger partial charge in [-0.1, -0.05) is 34.2 Å². The lowest BCUT2D eigenvalue weighted by atomic mass is 10.1. The zero-order valence-electron chi connectivity index (χ0n) is 11.7. The molecule has 1 aromatic carbocycles. The summed E-state index contributed by atoms with van der Waals surface area (Å²) in [5.41, 5.74) is 1.08. The molecular formula is C15H20BrN3S. The molecule has 0 aliphatic carbocycles. The Morgan fingerprint density at radius 3 is 2.95 bits per heavy atom. The Hall–Kier alpha value is -0.650. The lowest BCUT2D eigenvalue weighted by Gasteiger charge is -2.31. The highest BCUT2D eigenvalue weighted by Gasteiger charge is 2.19. The number of benzene rings is 1. The first-order valence-electron chi connectivity index (χ1n) is 7.29. The quantitative estimate of drug-likeness (QED) is 0.885. The summed E-state index contributed by atoms with van der Waals surface area (Å²) in [6.07, 6.45) is 3.70. The second-order valence-corrected chi connectivity index (χ2v) is 7.34. The lowest BCUT2D eigenvalue weighted by molar-refractivity contribution is 0.219. The van der Waals surface area contributed by atoms with Crippen LogP contribution in [0.4, 0.5) is 5.13 Å². The number of rotatable bonds is 4. The summed E-state index contributed by atoms with van der Waals surface area (Å²) in [6.45, 7) is 5.91. The van der Waals surface area contributed by atoms with Gasteiger partial charge in [0.2, 0.25) is 0 Å². The topological polar surface area (TPSA) is 28.2 Å². The molecule has 1 aliphatic rings. The van der Waals surface area contributed by atoms with Gasteiger partial charge in [0, 0.05) is 23.6 Å². The molecule has 3 nitrogen and oxygen atoms in total. The molecule has 0 radical (unpaired) electrons. The molecular weight excluding hydrogens is 334 g/mol. The molecule has 1 saturated heterocycles. The molecule has 3 rings (SSSR count). The highest BCUT2D eigenvalue weighted by Crippen LogP contribution is 2.29. The van der Waals surface area contributed by atoms with Gasteiger partial charge in [-0.15, -0.1) is 0 Å². The van der Waals surface area contributed by atoms with E-state index in [9.17, 15) is 0 Å². The van der Waals surface area contributed by atoms with E-state index in [0.717, 1.165) is 15.1 Å². The molecule has 1 fully saturated rings. The van der Waals surface area contributed by atoms with Crippen molar-refractivity contribution in [1.82, 2.24) is 9.88 Å². The number of hydrogen-bond acceptors (Lipinski definition) is 4. The minimum absolute atomic E-state index is 0.576. The van der Waals surface area contributed by atoms with Gasteiger partial charge in [0.15, 0.2) is 5.13 Å². The Morgan fingerprint density at radius 1 is 1.40 bits per heavy atom. The van der Waals surface area contributed by atoms with E-state index in [0.29, 0.717) is 6.04 Å². The maximum Gasteiger partial charge on any atom is 0.184 e. The summed E-state index contributed by atoms with van der Waals surface area (Å²) in [5.74, 6) is 0. The molecule has 5 heteroatoms. The molecule has 0 atom stereocenters. The molecule has 0 spiro atoms. The normalized spacial score (nSPS) is 17.7. The predicted octanol–water partition coefficient (Wildman–Crippen LogP) is 4.35. The Morgan fingerprint density at radius 2 is 2.20 bits per heavy atom. The van der Waals surface area contributed by atoms with Crippen molar-refractivity contribution in [3.8, 4) is 0 Å². The van der Waals surface area contributed by atoms with Crippen LogP contribution in [0.1, 0.15) is 26.2 Å². The number of anilines is 1. The summed E-state index contributed by atoms with van der Waals surface area (Å²) in [5, 5.41) is 4.68. The minimum Gasteiger partial charge on any atom is -0.359 e. The van der Waals surface area contributed by atoms with Gasteiger partial charge in [0.1, 0.15) is 0 Å². The van der Waals surface area contributed by atoms with E-state index in [1.54, 1.807) is 11.3 Å². The maximum absolute atomic E-state index is 4.69. The van der Waals surface area contributed by atoms with Crippen molar-refractivity contribution < 1.29 is 0 Å². The first-order chi connectivity index (χ1) is 9.74. The van der Waals surface area contributed by atoms with Crippen LogP contribution in [0.3, 0.4) is 0 Å². The van der Waals surface area contributed by atoms with Crippen LogP contribution in [0.15, 0.2) is 22.7 Å². The van der Waals surface area contributed by atoms with Crippen LogP contribution in [0.25, 0.3) is 10.2 Å². The van der Waals surface area contributed by atoms with Gasteiger partial charge >= 0.3 is 0 Å². The number of thiazole rings is 1. The van der Waals surface area contributed by atoms with Crippen molar-refractivity contribution in [2.24, 2.45) is 0 Å². The number of piperidine rings is 1. The van der Waals surface area contributed by atoms with E-state index < -0.39 is 0 Å². The monoisotopic (exact) mass is 353 g/mol. The third-order valence-electron chi connectivity index (χ3n) is 3.80. The molecule has 0 bridgehead atoms. The van der Waals surface area contributed by atoms with E-state index in [-0.39, 0.29) is 0 Å². The summed E-state index contributed by atoms with van der Waals surface area (Å²) in [7, 11) is 0. The fourth-order valence-electron chi connectivity index (χ4n) is 2.75. The van der Waals surface area contributed by atoms with Gasteiger partial charge in [-0.05, 0) is 44.0 Å². The first-order valence-corrected chi connectivity index (χ1v) is 8.90. The maximum atomic E-state index is 4.69. The highest BCUT2D eigenvalue weighted by atomic mass is 79.9. The number of aromatic nitrogens is 1. The van der Waals surface area contributed by atoms with Crippen molar-refractivity contribution >= 4 is 42.6 Å². The van der Waals surface area contributed by atoms with E-state index in [1.165, 1.54) is 43.6 Å². The van der Waals surface area contributed by atoms with E-state index >= 15 is 0 Å². The van der Waals surface area contributed by atoms with Crippen molar-refractivity contribution in [3.05, 3.63) is 22.7 Å². The predicted molar refractivity (Wildman–Crippen MR) is 90.7 cm³/mol. The molecule has 1 N–H and O–H groups in total. The standard InChI is InChI=1S/C15H20BrN3S/c1-2-7-19-8-5-12(6-9-19)17-15-18-13-10-11(16)3-4-14(13)20-15/h3-4,10,12H,2,5-9H2,1H3,(H,17,18). The van der Waals surface area contributed by atoms with Crippen LogP contribution in [0.2, 0.25) is 0 Å². The Balaban J connectivity index is 1.62. The van der Waals surface area contributed by atoms with Crippen molar-refractivity contribution in [1.29, 1.82) is 0 Å². The number of halogens is 1. The Bertz CT molecular complexity index is 576. The minimum atomic E-state index is 0.576. The third-order valence-corrected chi connectivity index (χ3v) is 5.27. The van der Waals surface area contributed by atoms with E-state index in [2.05, 4.69) is 56.3 Å². The van der Waals surface area contributed by atoms with Crippen LogP contribution in [0.5, 0.6) is 0 Å². The van der Waals surface area contributed by atoms with Crippen LogP contribution in [-0.2, 0) is 0 Å². The van der Waals surface area contributed by atoms with Crippen molar-refractivity contribution in [2.45, 2.75) is 32.2 Å². The molecule has 1 aliphatic heterocycles. The molecule has 108 valence electrons. The summed E-state index contributed by atoms with van der Waals surface area (Å²) < 4.78 is 2.34. The van der Waals surface area contributed by atoms with Crippen molar-refractivity contribution in [2.75, 3.05) is 25.0 Å². The third kappa shape index (κ3) is 3.32. The largest absolute Gasteiger partial charge is 0.359 e. The second-order valence-electron chi connectivity index (χ2n) is 5.39. The average molecular weight is 354 g/mol. The van der Waals surface area contributed by atoms with Gasteiger partial charge < -0.3 is 10.2 Å². The number of nitrogens with one attached hydrogen (secondary N) is 1. The second kappa shape index (κ2) is 6.41. The number of hydrogen-bond donors (Lipinski definition) is 1. The Labute approximate surface area is 132 Å². The SMILES string of the molecule is CCCN1CCC(Nc2nc3cc(Br)ccc3s2)CC1. The highest BCUT2D eigenvalue weighted by molar-refractivity contribution is 9.10. The van der Waals surface area contributed by atoms with Gasteiger partial charge in [-0.3, -0.25) is 0 Å². The Kier molecular flexibility index (Phi) is 4.58. The first kappa shape index (κ1) is 14.3. The molecule has 0 saturated carbocycles. The average Bonchev–Trinajstić information content (AvgIpc) is 2.82. The zero-order chi connectivity index (χ0) is 13.9. The molecule has 0 amide bonds. The molecule has 2 heterocycles. The van der Waals surface area contributed by atoms with Gasteiger partial charge in [-0.2, -0.15) is 0 Å². The fourth-order valence-corrected chi connectivity index (χ4v) is 4.03. The van der Waals surface area contributed by atoms with Gasteiger partial charge in [0.05, 0.1) is 10.2 Å². The van der Waals surface area contributed by atoms with Gasteiger partial charge in [-0.25, -0.2) is 4.98 Å². The molecule has 2 aromatic rings. The molecule has 0 unspecified atom stereocenters. The van der Waals surface area contributed by atoms with Crippen molar-refractivity contribution in [3.63, 3.8) is 0 Å². The number of fused-ring (bicyclic) bond motifs is 1. The number of nitrogens with zero attached hydrogens (tertiary/aromatic N) is 2. The van der Waals surface area contributed by atoms with Crippen LogP contribution >= 0.6 is 27.3 Å². The molecule has 20 heavy (non-hydrogen) atoms. The fraction of sp³-hybridized carbons (Fsp3) is 0.533. The summed E-state index contributed by atoms with van der Waals surface area (Å²) >= 11 is 5.25. The summed E-state index contributed by atoms with van der Waals surface area (Å²) in [4.78, 5) is 7.25. The smallest absolute Gasteiger partial charge is 0.184 e. The van der Waals surface area contributed by atoms with Gasteiger partial charge in [0.25, 0.3) is 0 Å². The zero-order valence-corrected chi connectivity index (χ0v) is 14.1.